The van der Waals surface area contributed by atoms with Crippen LogP contribution in [-0.4, -0.2) is 24.6 Å². The summed E-state index contributed by atoms with van der Waals surface area (Å²) in [5, 5.41) is 2.87. The average molecular weight is 445 g/mol. The molecule has 1 amide bonds. The largest absolute Gasteiger partial charge is 0.495 e. The molecule has 1 N–H and O–H groups in total. The second-order valence-electron chi connectivity index (χ2n) is 8.48. The van der Waals surface area contributed by atoms with Crippen LogP contribution in [0.15, 0.2) is 59.0 Å². The van der Waals surface area contributed by atoms with E-state index in [-0.39, 0.29) is 12.5 Å². The molecule has 1 heterocycles. The maximum Gasteiger partial charge on any atom is 0.262 e. The molecule has 4 aromatic rings. The molecule has 4 rings (SSSR count). The number of nitrogens with zero attached hydrogens (tertiary/aromatic N) is 1. The van der Waals surface area contributed by atoms with Gasteiger partial charge in [-0.3, -0.25) is 4.79 Å². The van der Waals surface area contributed by atoms with Gasteiger partial charge in [0.2, 0.25) is 5.89 Å². The number of benzene rings is 3. The Kier molecular flexibility index (Phi) is 6.36. The second kappa shape index (κ2) is 9.36. The summed E-state index contributed by atoms with van der Waals surface area (Å²) >= 11 is 0. The van der Waals surface area contributed by atoms with Gasteiger partial charge in [-0.1, -0.05) is 26.0 Å². The molecule has 1 aromatic heterocycles. The smallest absolute Gasteiger partial charge is 0.262 e. The van der Waals surface area contributed by atoms with Crippen LogP contribution >= 0.6 is 0 Å². The number of nitrogens with one attached hydrogen (secondary N) is 1. The highest BCUT2D eigenvalue weighted by Crippen LogP contribution is 2.32. The molecule has 0 radical (unpaired) electrons. The Hall–Kier alpha value is -3.80. The number of rotatable bonds is 7. The number of methoxy groups -OCH3 is 1. The van der Waals surface area contributed by atoms with Crippen LogP contribution in [0.3, 0.4) is 0 Å². The molecule has 6 heteroatoms. The number of aryl methyl sites for hydroxylation is 2. The first-order chi connectivity index (χ1) is 15.8. The van der Waals surface area contributed by atoms with Gasteiger partial charge in [0, 0.05) is 5.56 Å². The summed E-state index contributed by atoms with van der Waals surface area (Å²) in [6, 6.07) is 17.3. The Bertz CT molecular complexity index is 1290. The first-order valence-corrected chi connectivity index (χ1v) is 10.9. The number of ether oxygens (including phenoxy) is 2. The fraction of sp³-hybridized carbons (Fsp3) is 0.259. The number of amides is 1. The molecule has 0 spiro atoms. The molecule has 0 atom stereocenters. The Labute approximate surface area is 193 Å². The number of carbonyl (C=O) groups is 1. The third-order valence-corrected chi connectivity index (χ3v) is 5.36. The number of hydrogen-bond acceptors (Lipinski definition) is 5. The number of hydrogen-bond donors (Lipinski definition) is 1. The molecule has 0 saturated carbocycles. The third kappa shape index (κ3) is 5.17. The van der Waals surface area contributed by atoms with Gasteiger partial charge in [0.1, 0.15) is 17.0 Å². The van der Waals surface area contributed by atoms with Gasteiger partial charge in [0.15, 0.2) is 12.2 Å². The van der Waals surface area contributed by atoms with E-state index in [2.05, 4.69) is 36.3 Å². The zero-order chi connectivity index (χ0) is 23.5. The Balaban J connectivity index is 1.54. The minimum Gasteiger partial charge on any atom is -0.495 e. The molecule has 0 fully saturated rings. The topological polar surface area (TPSA) is 73.6 Å². The van der Waals surface area contributed by atoms with Crippen molar-refractivity contribution in [3.63, 3.8) is 0 Å². The lowest BCUT2D eigenvalue weighted by atomic mass is 10.0. The number of oxazole rings is 1. The third-order valence-electron chi connectivity index (χ3n) is 5.36. The van der Waals surface area contributed by atoms with E-state index in [1.54, 1.807) is 19.2 Å². The van der Waals surface area contributed by atoms with Crippen molar-refractivity contribution in [2.45, 2.75) is 33.6 Å². The molecule has 170 valence electrons. The van der Waals surface area contributed by atoms with Crippen molar-refractivity contribution in [2.75, 3.05) is 19.0 Å². The molecule has 0 aliphatic rings. The predicted octanol–water partition coefficient (Wildman–Crippen LogP) is 6.26. The van der Waals surface area contributed by atoms with Crippen LogP contribution < -0.4 is 14.8 Å². The van der Waals surface area contributed by atoms with E-state index in [1.807, 2.05) is 44.2 Å². The molecule has 33 heavy (non-hydrogen) atoms. The summed E-state index contributed by atoms with van der Waals surface area (Å²) in [6.07, 6.45) is 0. The van der Waals surface area contributed by atoms with Crippen molar-refractivity contribution in [1.82, 2.24) is 4.98 Å². The van der Waals surface area contributed by atoms with Crippen LogP contribution in [0.25, 0.3) is 22.6 Å². The van der Waals surface area contributed by atoms with E-state index < -0.39 is 0 Å². The van der Waals surface area contributed by atoms with Gasteiger partial charge in [-0.05, 0) is 78.9 Å². The van der Waals surface area contributed by atoms with Crippen molar-refractivity contribution < 1.29 is 18.7 Å². The summed E-state index contributed by atoms with van der Waals surface area (Å²) in [7, 11) is 1.56. The van der Waals surface area contributed by atoms with E-state index in [4.69, 9.17) is 13.9 Å². The summed E-state index contributed by atoms with van der Waals surface area (Å²) in [6.45, 7) is 8.16. The first-order valence-electron chi connectivity index (χ1n) is 10.9. The maximum atomic E-state index is 12.6. The van der Waals surface area contributed by atoms with Crippen LogP contribution in [0.5, 0.6) is 11.5 Å². The van der Waals surface area contributed by atoms with Crippen LogP contribution in [0.2, 0.25) is 0 Å². The fourth-order valence-corrected chi connectivity index (χ4v) is 3.72. The van der Waals surface area contributed by atoms with Crippen LogP contribution in [0, 0.1) is 13.8 Å². The molecular weight excluding hydrogens is 416 g/mol. The van der Waals surface area contributed by atoms with Crippen molar-refractivity contribution in [2.24, 2.45) is 0 Å². The second-order valence-corrected chi connectivity index (χ2v) is 8.48. The van der Waals surface area contributed by atoms with Gasteiger partial charge in [-0.2, -0.15) is 0 Å². The van der Waals surface area contributed by atoms with Gasteiger partial charge in [-0.15, -0.1) is 0 Å². The van der Waals surface area contributed by atoms with Crippen molar-refractivity contribution >= 4 is 22.7 Å². The monoisotopic (exact) mass is 444 g/mol. The molecule has 0 unspecified atom stereocenters. The maximum absolute atomic E-state index is 12.6. The van der Waals surface area contributed by atoms with Gasteiger partial charge in [-0.25, -0.2) is 4.98 Å². The highest BCUT2D eigenvalue weighted by Gasteiger charge is 2.14. The van der Waals surface area contributed by atoms with E-state index in [9.17, 15) is 4.79 Å². The number of carbonyl (C=O) groups excluding carboxylic acids is 1. The van der Waals surface area contributed by atoms with Gasteiger partial charge >= 0.3 is 0 Å². The minimum atomic E-state index is -0.288. The lowest BCUT2D eigenvalue weighted by molar-refractivity contribution is -0.118. The molecule has 0 bridgehead atoms. The zero-order valence-electron chi connectivity index (χ0n) is 19.6. The number of fused-ring (bicyclic) bond motifs is 1. The molecule has 6 nitrogen and oxygen atoms in total. The Morgan fingerprint density at radius 2 is 1.79 bits per heavy atom. The number of anilines is 1. The van der Waals surface area contributed by atoms with Gasteiger partial charge in [0.05, 0.1) is 12.8 Å². The first kappa shape index (κ1) is 22.4. The molecule has 3 aromatic carbocycles. The highest BCUT2D eigenvalue weighted by atomic mass is 16.5. The van der Waals surface area contributed by atoms with Crippen LogP contribution in [-0.2, 0) is 4.79 Å². The Morgan fingerprint density at radius 1 is 1.03 bits per heavy atom. The normalized spacial score (nSPS) is 11.1. The van der Waals surface area contributed by atoms with Crippen molar-refractivity contribution in [1.29, 1.82) is 0 Å². The fourth-order valence-electron chi connectivity index (χ4n) is 3.72. The quantitative estimate of drug-likeness (QED) is 0.364. The standard InChI is InChI=1S/C27H28N2O4/c1-16(2)19-6-9-25-23(13-19)29-27(33-25)20-7-8-24(31-5)22(14-20)28-26(30)15-32-21-11-17(3)10-18(4)12-21/h6-14,16H,15H2,1-5H3,(H,28,30). The van der Waals surface area contributed by atoms with Crippen molar-refractivity contribution in [3.05, 3.63) is 71.3 Å². The van der Waals surface area contributed by atoms with E-state index in [1.165, 1.54) is 5.56 Å². The molecule has 0 saturated heterocycles. The highest BCUT2D eigenvalue weighted by molar-refractivity contribution is 5.94. The molecule has 0 aliphatic carbocycles. The zero-order valence-corrected chi connectivity index (χ0v) is 19.6. The van der Waals surface area contributed by atoms with Crippen LogP contribution in [0.1, 0.15) is 36.5 Å². The summed E-state index contributed by atoms with van der Waals surface area (Å²) in [4.78, 5) is 17.2. The molecule has 0 aliphatic heterocycles. The van der Waals surface area contributed by atoms with Crippen LogP contribution in [0.4, 0.5) is 5.69 Å². The van der Waals surface area contributed by atoms with Crippen molar-refractivity contribution in [3.8, 4) is 23.0 Å². The predicted molar refractivity (Wildman–Crippen MR) is 130 cm³/mol. The average Bonchev–Trinajstić information content (AvgIpc) is 3.20. The van der Waals surface area contributed by atoms with Gasteiger partial charge < -0.3 is 19.2 Å². The minimum absolute atomic E-state index is 0.114. The van der Waals surface area contributed by atoms with E-state index in [0.29, 0.717) is 29.0 Å². The summed E-state index contributed by atoms with van der Waals surface area (Å²) in [5.41, 5.74) is 6.15. The summed E-state index contributed by atoms with van der Waals surface area (Å²) < 4.78 is 17.1. The number of aromatic nitrogens is 1. The molecular formula is C27H28N2O4. The van der Waals surface area contributed by atoms with Gasteiger partial charge in [0.25, 0.3) is 5.91 Å². The SMILES string of the molecule is COc1ccc(-c2nc3cc(C(C)C)ccc3o2)cc1NC(=O)COc1cc(C)cc(C)c1. The Morgan fingerprint density at radius 3 is 2.48 bits per heavy atom. The summed E-state index contributed by atoms with van der Waals surface area (Å²) in [5.74, 6) is 1.80. The lowest BCUT2D eigenvalue weighted by Crippen LogP contribution is -2.20. The van der Waals surface area contributed by atoms with E-state index >= 15 is 0 Å². The lowest BCUT2D eigenvalue weighted by Gasteiger charge is -2.12. The van der Waals surface area contributed by atoms with E-state index in [0.717, 1.165) is 27.8 Å².